The van der Waals surface area contributed by atoms with Crippen LogP contribution in [0.3, 0.4) is 0 Å². The minimum absolute atomic E-state index is 0.128. The third kappa shape index (κ3) is 3.25. The number of rotatable bonds is 4. The fraction of sp³-hybridized carbons (Fsp3) is 0.200. The quantitative estimate of drug-likeness (QED) is 0.774. The first-order chi connectivity index (χ1) is 7.00. The maximum absolute atomic E-state index is 10.7. The maximum Gasteiger partial charge on any atom is 0.356 e. The molecule has 0 unspecified atom stereocenters. The molecule has 0 saturated carbocycles. The van der Waals surface area contributed by atoms with Crippen LogP contribution >= 0.6 is 11.6 Å². The number of halogens is 1. The van der Waals surface area contributed by atoms with Gasteiger partial charge in [-0.1, -0.05) is 23.8 Å². The molecule has 0 spiro atoms. The lowest BCUT2D eigenvalue weighted by Crippen LogP contribution is -2.07. The second-order valence-electron chi connectivity index (χ2n) is 3.14. The normalized spacial score (nSPS) is 9.73. The second-order valence-corrected chi connectivity index (χ2v) is 3.55. The zero-order chi connectivity index (χ0) is 11.4. The summed E-state index contributed by atoms with van der Waals surface area (Å²) in [5.41, 5.74) is 0.784. The first-order valence-corrected chi connectivity index (χ1v) is 4.66. The standard InChI is InChI=1S/C10H11ClN2O2/c1-6(2)5-12-8-4-3-7(11)9(13-8)10(14)15/h3-4H,1,5H2,2H3,(H,12,13)(H,14,15). The predicted octanol–water partition coefficient (Wildman–Crippen LogP) is 2.42. The van der Waals surface area contributed by atoms with E-state index in [0.29, 0.717) is 12.4 Å². The van der Waals surface area contributed by atoms with Crippen molar-refractivity contribution in [3.8, 4) is 0 Å². The molecule has 0 amide bonds. The van der Waals surface area contributed by atoms with Gasteiger partial charge in [0.25, 0.3) is 0 Å². The number of aromatic carboxylic acids is 1. The Balaban J connectivity index is 2.87. The monoisotopic (exact) mass is 226 g/mol. The van der Waals surface area contributed by atoms with Crippen molar-refractivity contribution in [2.24, 2.45) is 0 Å². The van der Waals surface area contributed by atoms with Crippen molar-refractivity contribution in [2.45, 2.75) is 6.92 Å². The van der Waals surface area contributed by atoms with E-state index in [-0.39, 0.29) is 10.7 Å². The van der Waals surface area contributed by atoms with E-state index in [2.05, 4.69) is 16.9 Å². The number of anilines is 1. The van der Waals surface area contributed by atoms with E-state index in [4.69, 9.17) is 16.7 Å². The average Bonchev–Trinajstić information content (AvgIpc) is 2.16. The number of carboxylic acid groups (broad SMARTS) is 1. The number of nitrogens with one attached hydrogen (secondary N) is 1. The van der Waals surface area contributed by atoms with Gasteiger partial charge >= 0.3 is 5.97 Å². The molecule has 4 nitrogen and oxygen atoms in total. The Morgan fingerprint density at radius 1 is 1.67 bits per heavy atom. The van der Waals surface area contributed by atoms with Crippen molar-refractivity contribution in [1.29, 1.82) is 0 Å². The van der Waals surface area contributed by atoms with Crippen LogP contribution in [0.25, 0.3) is 0 Å². The number of carbonyl (C=O) groups is 1. The van der Waals surface area contributed by atoms with E-state index in [1.165, 1.54) is 6.07 Å². The molecule has 1 rings (SSSR count). The Bertz CT molecular complexity index is 404. The largest absolute Gasteiger partial charge is 0.476 e. The molecule has 0 radical (unpaired) electrons. The maximum atomic E-state index is 10.7. The predicted molar refractivity (Wildman–Crippen MR) is 59.5 cm³/mol. The lowest BCUT2D eigenvalue weighted by molar-refractivity contribution is 0.0691. The van der Waals surface area contributed by atoms with E-state index >= 15 is 0 Å². The van der Waals surface area contributed by atoms with Crippen LogP contribution in [0.5, 0.6) is 0 Å². The molecule has 2 N–H and O–H groups in total. The van der Waals surface area contributed by atoms with Crippen LogP contribution in [0.4, 0.5) is 5.82 Å². The summed E-state index contributed by atoms with van der Waals surface area (Å²) in [6, 6.07) is 3.12. The minimum Gasteiger partial charge on any atom is -0.476 e. The third-order valence-electron chi connectivity index (χ3n) is 1.62. The van der Waals surface area contributed by atoms with Crippen molar-refractivity contribution in [1.82, 2.24) is 4.98 Å². The molecule has 1 aromatic heterocycles. The van der Waals surface area contributed by atoms with Crippen molar-refractivity contribution in [3.63, 3.8) is 0 Å². The molecule has 0 aliphatic carbocycles. The molecule has 5 heteroatoms. The van der Waals surface area contributed by atoms with Gasteiger partial charge in [-0.3, -0.25) is 0 Å². The van der Waals surface area contributed by atoms with Gasteiger partial charge in [-0.25, -0.2) is 9.78 Å². The second kappa shape index (κ2) is 4.79. The van der Waals surface area contributed by atoms with Gasteiger partial charge in [-0.2, -0.15) is 0 Å². The minimum atomic E-state index is -1.14. The lowest BCUT2D eigenvalue weighted by atomic mass is 10.3. The van der Waals surface area contributed by atoms with Gasteiger partial charge in [-0.15, -0.1) is 0 Å². The smallest absolute Gasteiger partial charge is 0.356 e. The highest BCUT2D eigenvalue weighted by Gasteiger charge is 2.10. The van der Waals surface area contributed by atoms with Gasteiger partial charge in [-0.05, 0) is 19.1 Å². The Hall–Kier alpha value is -1.55. The molecule has 1 heterocycles. The number of hydrogen-bond donors (Lipinski definition) is 2. The molecule has 0 aliphatic rings. The van der Waals surface area contributed by atoms with Crippen LogP contribution < -0.4 is 5.32 Å². The van der Waals surface area contributed by atoms with E-state index in [1.54, 1.807) is 6.07 Å². The highest BCUT2D eigenvalue weighted by molar-refractivity contribution is 6.33. The summed E-state index contributed by atoms with van der Waals surface area (Å²) in [5.74, 6) is -0.668. The van der Waals surface area contributed by atoms with Crippen molar-refractivity contribution < 1.29 is 9.90 Å². The van der Waals surface area contributed by atoms with Gasteiger partial charge in [0.15, 0.2) is 5.69 Å². The molecule has 0 saturated heterocycles. The van der Waals surface area contributed by atoms with Crippen LogP contribution in [0, 0.1) is 0 Å². The Morgan fingerprint density at radius 3 is 2.87 bits per heavy atom. The number of carboxylic acids is 1. The lowest BCUT2D eigenvalue weighted by Gasteiger charge is -2.06. The Kier molecular flexibility index (Phi) is 3.68. The number of hydrogen-bond acceptors (Lipinski definition) is 3. The summed E-state index contributed by atoms with van der Waals surface area (Å²) < 4.78 is 0. The summed E-state index contributed by atoms with van der Waals surface area (Å²) in [4.78, 5) is 14.6. The Labute approximate surface area is 92.6 Å². The zero-order valence-electron chi connectivity index (χ0n) is 8.25. The third-order valence-corrected chi connectivity index (χ3v) is 1.92. The summed E-state index contributed by atoms with van der Waals surface area (Å²) in [6.45, 7) is 6.12. The first-order valence-electron chi connectivity index (χ1n) is 4.29. The molecule has 0 bridgehead atoms. The van der Waals surface area contributed by atoms with E-state index in [9.17, 15) is 4.79 Å². The molecule has 0 aliphatic heterocycles. The molecular formula is C10H11ClN2O2. The van der Waals surface area contributed by atoms with Crippen LogP contribution in [-0.2, 0) is 0 Å². The average molecular weight is 227 g/mol. The SMILES string of the molecule is C=C(C)CNc1ccc(Cl)c(C(=O)O)n1. The summed E-state index contributed by atoms with van der Waals surface area (Å²) in [6.07, 6.45) is 0. The molecule has 0 atom stereocenters. The molecule has 80 valence electrons. The van der Waals surface area contributed by atoms with Gasteiger partial charge in [0.2, 0.25) is 0 Å². The van der Waals surface area contributed by atoms with Crippen molar-refractivity contribution in [3.05, 3.63) is 35.0 Å². The van der Waals surface area contributed by atoms with Crippen LogP contribution in [0.15, 0.2) is 24.3 Å². The number of aromatic nitrogens is 1. The highest BCUT2D eigenvalue weighted by Crippen LogP contribution is 2.16. The van der Waals surface area contributed by atoms with Crippen LogP contribution in [0.2, 0.25) is 5.02 Å². The first kappa shape index (κ1) is 11.5. The summed E-state index contributed by atoms with van der Waals surface area (Å²) in [7, 11) is 0. The van der Waals surface area contributed by atoms with Crippen molar-refractivity contribution >= 4 is 23.4 Å². The van der Waals surface area contributed by atoms with Gasteiger partial charge in [0.05, 0.1) is 5.02 Å². The fourth-order valence-electron chi connectivity index (χ4n) is 0.932. The van der Waals surface area contributed by atoms with E-state index < -0.39 is 5.97 Å². The zero-order valence-corrected chi connectivity index (χ0v) is 9.01. The number of pyridine rings is 1. The molecular weight excluding hydrogens is 216 g/mol. The topological polar surface area (TPSA) is 62.2 Å². The van der Waals surface area contributed by atoms with Crippen LogP contribution in [-0.4, -0.2) is 22.6 Å². The Morgan fingerprint density at radius 2 is 2.33 bits per heavy atom. The van der Waals surface area contributed by atoms with Gasteiger partial charge < -0.3 is 10.4 Å². The number of nitrogens with zero attached hydrogens (tertiary/aromatic N) is 1. The van der Waals surface area contributed by atoms with Crippen molar-refractivity contribution in [2.75, 3.05) is 11.9 Å². The van der Waals surface area contributed by atoms with E-state index in [1.807, 2.05) is 6.92 Å². The van der Waals surface area contributed by atoms with E-state index in [0.717, 1.165) is 5.57 Å². The molecule has 0 aromatic carbocycles. The molecule has 15 heavy (non-hydrogen) atoms. The van der Waals surface area contributed by atoms with Gasteiger partial charge in [0, 0.05) is 6.54 Å². The summed E-state index contributed by atoms with van der Waals surface area (Å²) >= 11 is 5.67. The van der Waals surface area contributed by atoms with Crippen LogP contribution in [0.1, 0.15) is 17.4 Å². The van der Waals surface area contributed by atoms with Gasteiger partial charge in [0.1, 0.15) is 5.82 Å². The fourth-order valence-corrected chi connectivity index (χ4v) is 1.12. The molecule has 0 fully saturated rings. The summed E-state index contributed by atoms with van der Waals surface area (Å²) in [5, 5.41) is 11.8. The highest BCUT2D eigenvalue weighted by atomic mass is 35.5. The molecule has 1 aromatic rings.